The average molecular weight is 502 g/mol. The van der Waals surface area contributed by atoms with Gasteiger partial charge < -0.3 is 19.3 Å². The molecule has 8 nitrogen and oxygen atoms in total. The van der Waals surface area contributed by atoms with E-state index in [0.29, 0.717) is 36.8 Å². The molecule has 4 rings (SSSR count). The Morgan fingerprint density at radius 3 is 2.19 bits per heavy atom. The molecular weight excluding hydrogens is 470 g/mol. The Morgan fingerprint density at radius 2 is 1.51 bits per heavy atom. The number of esters is 1. The molecule has 3 aromatic carbocycles. The zero-order chi connectivity index (χ0) is 25.9. The molecule has 0 saturated carbocycles. The molecule has 0 aliphatic heterocycles. The highest BCUT2D eigenvalue weighted by atomic mass is 16.6. The van der Waals surface area contributed by atoms with Crippen LogP contribution in [0.15, 0.2) is 91.1 Å². The number of aryl methyl sites for hydroxylation is 1. The van der Waals surface area contributed by atoms with Gasteiger partial charge in [-0.3, -0.25) is 4.68 Å². The number of unbranched alkanes of at least 4 members (excludes halogenated alkanes) is 1. The molecule has 4 aromatic rings. The fourth-order valence-corrected chi connectivity index (χ4v) is 4.01. The first-order valence-corrected chi connectivity index (χ1v) is 12.2. The van der Waals surface area contributed by atoms with Crippen molar-refractivity contribution in [2.45, 2.75) is 25.0 Å². The third-order valence-corrected chi connectivity index (χ3v) is 5.96. The van der Waals surface area contributed by atoms with Crippen molar-refractivity contribution in [2.24, 2.45) is 0 Å². The summed E-state index contributed by atoms with van der Waals surface area (Å²) >= 11 is 0. The molecule has 0 amide bonds. The number of aromatic nitrogens is 3. The van der Waals surface area contributed by atoms with Gasteiger partial charge in [-0.1, -0.05) is 78.0 Å². The maximum atomic E-state index is 12.3. The van der Waals surface area contributed by atoms with Crippen LogP contribution in [0, 0.1) is 0 Å². The SMILES string of the molecule is COCCOC(=O)c1ccccc1OCCCCn1cc(C(O)(c2ccccc2)c2ccccc2)nn1. The Kier molecular flexibility index (Phi) is 9.02. The first-order chi connectivity index (χ1) is 18.1. The largest absolute Gasteiger partial charge is 0.493 e. The summed E-state index contributed by atoms with van der Waals surface area (Å²) in [5.74, 6) is 0.0517. The molecule has 1 heterocycles. The molecular formula is C29H31N3O5. The molecule has 192 valence electrons. The Hall–Kier alpha value is -4.01. The summed E-state index contributed by atoms with van der Waals surface area (Å²) in [5.41, 5.74) is 0.885. The van der Waals surface area contributed by atoms with Gasteiger partial charge in [-0.25, -0.2) is 4.79 Å². The van der Waals surface area contributed by atoms with Gasteiger partial charge in [0.05, 0.1) is 19.4 Å². The second-order valence-corrected chi connectivity index (χ2v) is 8.49. The van der Waals surface area contributed by atoms with Crippen LogP contribution in [-0.2, 0) is 21.6 Å². The second kappa shape index (κ2) is 12.8. The summed E-state index contributed by atoms with van der Waals surface area (Å²) in [4.78, 5) is 12.3. The van der Waals surface area contributed by atoms with E-state index in [2.05, 4.69) is 10.3 Å². The third kappa shape index (κ3) is 6.41. The van der Waals surface area contributed by atoms with Gasteiger partial charge in [-0.2, -0.15) is 0 Å². The number of ether oxygens (including phenoxy) is 3. The van der Waals surface area contributed by atoms with Crippen molar-refractivity contribution >= 4 is 5.97 Å². The van der Waals surface area contributed by atoms with Crippen LogP contribution < -0.4 is 4.74 Å². The Balaban J connectivity index is 1.35. The Bertz CT molecular complexity index is 1220. The molecule has 0 aliphatic rings. The van der Waals surface area contributed by atoms with Crippen LogP contribution in [0.5, 0.6) is 5.75 Å². The number of benzene rings is 3. The van der Waals surface area contributed by atoms with E-state index in [4.69, 9.17) is 14.2 Å². The van der Waals surface area contributed by atoms with Gasteiger partial charge in [-0.05, 0) is 36.1 Å². The van der Waals surface area contributed by atoms with Gasteiger partial charge in [0, 0.05) is 13.7 Å². The van der Waals surface area contributed by atoms with Gasteiger partial charge in [0.1, 0.15) is 23.6 Å². The minimum absolute atomic E-state index is 0.188. The molecule has 0 bridgehead atoms. The van der Waals surface area contributed by atoms with Crippen LogP contribution in [0.3, 0.4) is 0 Å². The van der Waals surface area contributed by atoms with E-state index >= 15 is 0 Å². The van der Waals surface area contributed by atoms with Crippen LogP contribution in [-0.4, -0.2) is 53.0 Å². The molecule has 0 fully saturated rings. The van der Waals surface area contributed by atoms with Gasteiger partial charge in [0.15, 0.2) is 5.60 Å². The number of methoxy groups -OCH3 is 1. The highest BCUT2D eigenvalue weighted by Crippen LogP contribution is 2.35. The number of aliphatic hydroxyl groups is 1. The maximum absolute atomic E-state index is 12.3. The summed E-state index contributed by atoms with van der Waals surface area (Å²) < 4.78 is 17.7. The van der Waals surface area contributed by atoms with Crippen molar-refractivity contribution in [2.75, 3.05) is 26.9 Å². The topological polar surface area (TPSA) is 95.7 Å². The lowest BCUT2D eigenvalue weighted by atomic mass is 9.84. The van der Waals surface area contributed by atoms with Gasteiger partial charge >= 0.3 is 5.97 Å². The molecule has 37 heavy (non-hydrogen) atoms. The number of rotatable bonds is 13. The molecule has 1 aromatic heterocycles. The normalized spacial score (nSPS) is 11.3. The summed E-state index contributed by atoms with van der Waals surface area (Å²) in [6, 6.07) is 26.0. The summed E-state index contributed by atoms with van der Waals surface area (Å²) in [6.45, 7) is 1.57. The van der Waals surface area contributed by atoms with Crippen molar-refractivity contribution in [1.29, 1.82) is 0 Å². The molecule has 0 spiro atoms. The van der Waals surface area contributed by atoms with Crippen molar-refractivity contribution < 1.29 is 24.1 Å². The first kappa shape index (κ1) is 26.1. The fraction of sp³-hybridized carbons (Fsp3) is 0.276. The van der Waals surface area contributed by atoms with Gasteiger partial charge in [0.2, 0.25) is 0 Å². The first-order valence-electron chi connectivity index (χ1n) is 12.2. The average Bonchev–Trinajstić information content (AvgIpc) is 3.43. The lowest BCUT2D eigenvalue weighted by Gasteiger charge is -2.27. The van der Waals surface area contributed by atoms with E-state index in [1.54, 1.807) is 36.2 Å². The zero-order valence-corrected chi connectivity index (χ0v) is 20.8. The maximum Gasteiger partial charge on any atom is 0.342 e. The van der Waals surface area contributed by atoms with E-state index in [1.807, 2.05) is 66.7 Å². The van der Waals surface area contributed by atoms with E-state index in [9.17, 15) is 9.90 Å². The number of hydrogen-bond acceptors (Lipinski definition) is 7. The van der Waals surface area contributed by atoms with Crippen molar-refractivity contribution in [3.63, 3.8) is 0 Å². The van der Waals surface area contributed by atoms with Crippen LogP contribution >= 0.6 is 0 Å². The van der Waals surface area contributed by atoms with Crippen molar-refractivity contribution in [1.82, 2.24) is 15.0 Å². The Morgan fingerprint density at radius 1 is 0.865 bits per heavy atom. The van der Waals surface area contributed by atoms with Crippen molar-refractivity contribution in [3.05, 3.63) is 114 Å². The smallest absolute Gasteiger partial charge is 0.342 e. The lowest BCUT2D eigenvalue weighted by molar-refractivity contribution is 0.0384. The van der Waals surface area contributed by atoms with E-state index in [1.165, 1.54) is 0 Å². The zero-order valence-electron chi connectivity index (χ0n) is 20.8. The minimum Gasteiger partial charge on any atom is -0.493 e. The monoisotopic (exact) mass is 501 g/mol. The molecule has 0 aliphatic carbocycles. The van der Waals surface area contributed by atoms with Crippen LogP contribution in [0.4, 0.5) is 0 Å². The number of hydrogen-bond donors (Lipinski definition) is 1. The molecule has 0 radical (unpaired) electrons. The van der Waals surface area contributed by atoms with Crippen LogP contribution in [0.2, 0.25) is 0 Å². The molecule has 1 N–H and O–H groups in total. The molecule has 0 saturated heterocycles. The van der Waals surface area contributed by atoms with E-state index in [-0.39, 0.29) is 6.61 Å². The van der Waals surface area contributed by atoms with E-state index < -0.39 is 11.6 Å². The fourth-order valence-electron chi connectivity index (χ4n) is 4.01. The minimum atomic E-state index is -1.41. The highest BCUT2D eigenvalue weighted by molar-refractivity contribution is 5.92. The number of para-hydroxylation sites is 1. The lowest BCUT2D eigenvalue weighted by Crippen LogP contribution is -2.29. The number of carbonyl (C=O) groups excluding carboxylic acids is 1. The molecule has 8 heteroatoms. The second-order valence-electron chi connectivity index (χ2n) is 8.49. The number of nitrogens with zero attached hydrogens (tertiary/aromatic N) is 3. The predicted octanol–water partition coefficient (Wildman–Crippen LogP) is 4.22. The predicted molar refractivity (Wildman–Crippen MR) is 138 cm³/mol. The quantitative estimate of drug-likeness (QED) is 0.216. The number of carbonyl (C=O) groups is 1. The van der Waals surface area contributed by atoms with Gasteiger partial charge in [-0.15, -0.1) is 5.10 Å². The van der Waals surface area contributed by atoms with E-state index in [0.717, 1.165) is 24.0 Å². The van der Waals surface area contributed by atoms with Crippen LogP contribution in [0.25, 0.3) is 0 Å². The third-order valence-electron chi connectivity index (χ3n) is 5.96. The standard InChI is InChI=1S/C29H31N3O5/c1-35-20-21-37-28(33)25-16-8-9-17-26(25)36-19-11-10-18-32-22-27(30-31-32)29(34,23-12-4-2-5-13-23)24-14-6-3-7-15-24/h2-9,12-17,22,34H,10-11,18-21H2,1H3. The molecule has 0 unspecified atom stereocenters. The highest BCUT2D eigenvalue weighted by Gasteiger charge is 2.36. The summed E-state index contributed by atoms with van der Waals surface area (Å²) in [6.07, 6.45) is 3.30. The van der Waals surface area contributed by atoms with Crippen LogP contribution in [0.1, 0.15) is 40.0 Å². The summed E-state index contributed by atoms with van der Waals surface area (Å²) in [5, 5.41) is 20.4. The Labute approximate surface area is 216 Å². The molecule has 0 atom stereocenters. The summed E-state index contributed by atoms with van der Waals surface area (Å²) in [7, 11) is 1.55. The van der Waals surface area contributed by atoms with Crippen molar-refractivity contribution in [3.8, 4) is 5.75 Å². The van der Waals surface area contributed by atoms with Gasteiger partial charge in [0.25, 0.3) is 0 Å².